The number of ether oxygens (including phenoxy) is 2. The molecule has 3 nitrogen and oxygen atoms in total. The van der Waals surface area contributed by atoms with E-state index in [1.54, 1.807) is 24.3 Å². The third-order valence-corrected chi connectivity index (χ3v) is 4.96. The summed E-state index contributed by atoms with van der Waals surface area (Å²) in [6.45, 7) is 3.57. The fourth-order valence-electron chi connectivity index (χ4n) is 2.87. The third-order valence-electron chi connectivity index (χ3n) is 4.33. The molecule has 0 atom stereocenters. The zero-order valence-corrected chi connectivity index (χ0v) is 17.9. The zero-order chi connectivity index (χ0) is 21.5. The molecule has 0 aliphatic heterocycles. The highest BCUT2D eigenvalue weighted by Crippen LogP contribution is 2.37. The number of halogens is 4. The number of nitrogens with one attached hydrogen (secondary N) is 1. The van der Waals surface area contributed by atoms with Crippen LogP contribution in [0.25, 0.3) is 0 Å². The van der Waals surface area contributed by atoms with Gasteiger partial charge in [0.2, 0.25) is 0 Å². The van der Waals surface area contributed by atoms with Crippen molar-refractivity contribution >= 4 is 23.2 Å². The molecule has 7 heteroatoms. The monoisotopic (exact) mass is 451 g/mol. The van der Waals surface area contributed by atoms with Crippen LogP contribution in [0.2, 0.25) is 10.0 Å². The lowest BCUT2D eigenvalue weighted by atomic mass is 10.1. The minimum absolute atomic E-state index is 0.126. The second kappa shape index (κ2) is 10.6. The Hall–Kier alpha value is -2.34. The topological polar surface area (TPSA) is 30.5 Å². The van der Waals surface area contributed by atoms with Gasteiger partial charge in [-0.3, -0.25) is 0 Å². The van der Waals surface area contributed by atoms with Gasteiger partial charge < -0.3 is 14.8 Å². The Balaban J connectivity index is 1.68. The van der Waals surface area contributed by atoms with Crippen LogP contribution in [0, 0.1) is 11.6 Å². The van der Waals surface area contributed by atoms with Crippen LogP contribution >= 0.6 is 23.2 Å². The van der Waals surface area contributed by atoms with E-state index in [0.29, 0.717) is 41.8 Å². The minimum Gasteiger partial charge on any atom is -0.490 e. The van der Waals surface area contributed by atoms with E-state index in [-0.39, 0.29) is 17.4 Å². The van der Waals surface area contributed by atoms with Crippen molar-refractivity contribution in [3.8, 4) is 11.5 Å². The van der Waals surface area contributed by atoms with Gasteiger partial charge in [0.15, 0.2) is 11.5 Å². The lowest BCUT2D eigenvalue weighted by Gasteiger charge is -2.16. The molecule has 1 N–H and O–H groups in total. The van der Waals surface area contributed by atoms with E-state index in [2.05, 4.69) is 5.32 Å². The molecule has 3 rings (SSSR count). The summed E-state index contributed by atoms with van der Waals surface area (Å²) in [5.74, 6) is 0.252. The molecule has 30 heavy (non-hydrogen) atoms. The standard InChI is InChI=1S/C23H21Cl2F2NO2/c1-2-29-22-10-16(13-28-12-15-3-6-18(26)7-4-15)9-21(25)23(22)30-14-17-5-8-19(27)11-20(17)24/h3-11,28H,2,12-14H2,1H3. The molecule has 3 aromatic rings. The van der Waals surface area contributed by atoms with Gasteiger partial charge in [-0.25, -0.2) is 8.78 Å². The maximum atomic E-state index is 13.2. The summed E-state index contributed by atoms with van der Waals surface area (Å²) in [7, 11) is 0. The third kappa shape index (κ3) is 6.08. The first-order valence-corrected chi connectivity index (χ1v) is 10.2. The van der Waals surface area contributed by atoms with Crippen LogP contribution in [0.4, 0.5) is 8.78 Å². The Morgan fingerprint density at radius 3 is 2.20 bits per heavy atom. The molecule has 0 fully saturated rings. The van der Waals surface area contributed by atoms with Crippen molar-refractivity contribution in [3.05, 3.63) is 93.0 Å². The van der Waals surface area contributed by atoms with Crippen molar-refractivity contribution in [3.63, 3.8) is 0 Å². The molecule has 0 unspecified atom stereocenters. The van der Waals surface area contributed by atoms with Gasteiger partial charge in [0.1, 0.15) is 18.2 Å². The molecule has 0 spiro atoms. The molecule has 0 heterocycles. The van der Waals surface area contributed by atoms with E-state index in [9.17, 15) is 8.78 Å². The van der Waals surface area contributed by atoms with Crippen LogP contribution in [0.5, 0.6) is 11.5 Å². The van der Waals surface area contributed by atoms with Crippen LogP contribution in [0.15, 0.2) is 54.6 Å². The summed E-state index contributed by atoms with van der Waals surface area (Å²) < 4.78 is 37.8. The molecule has 0 saturated heterocycles. The first kappa shape index (κ1) is 22.3. The van der Waals surface area contributed by atoms with Crippen molar-refractivity contribution in [2.75, 3.05) is 6.61 Å². The van der Waals surface area contributed by atoms with Gasteiger partial charge in [0.05, 0.1) is 16.7 Å². The predicted octanol–water partition coefficient (Wildman–Crippen LogP) is 6.54. The molecule has 0 bridgehead atoms. The molecule has 3 aromatic carbocycles. The van der Waals surface area contributed by atoms with E-state index in [4.69, 9.17) is 32.7 Å². The Morgan fingerprint density at radius 1 is 0.800 bits per heavy atom. The smallest absolute Gasteiger partial charge is 0.180 e. The highest BCUT2D eigenvalue weighted by atomic mass is 35.5. The van der Waals surface area contributed by atoms with E-state index in [1.807, 2.05) is 13.0 Å². The van der Waals surface area contributed by atoms with Gasteiger partial charge >= 0.3 is 0 Å². The van der Waals surface area contributed by atoms with Crippen molar-refractivity contribution in [1.29, 1.82) is 0 Å². The van der Waals surface area contributed by atoms with Crippen molar-refractivity contribution in [2.24, 2.45) is 0 Å². The fourth-order valence-corrected chi connectivity index (χ4v) is 3.38. The molecule has 0 aromatic heterocycles. The summed E-state index contributed by atoms with van der Waals surface area (Å²) in [6.07, 6.45) is 0. The highest BCUT2D eigenvalue weighted by molar-refractivity contribution is 6.32. The van der Waals surface area contributed by atoms with Crippen molar-refractivity contribution in [1.82, 2.24) is 5.32 Å². The fraction of sp³-hybridized carbons (Fsp3) is 0.217. The summed E-state index contributed by atoms with van der Waals surface area (Å²) in [4.78, 5) is 0. The van der Waals surface area contributed by atoms with E-state index >= 15 is 0 Å². The lowest BCUT2D eigenvalue weighted by molar-refractivity contribution is 0.269. The first-order valence-electron chi connectivity index (χ1n) is 9.43. The van der Waals surface area contributed by atoms with Crippen LogP contribution in [0.3, 0.4) is 0 Å². The largest absolute Gasteiger partial charge is 0.490 e. The van der Waals surface area contributed by atoms with Crippen LogP contribution in [-0.4, -0.2) is 6.61 Å². The van der Waals surface area contributed by atoms with E-state index in [1.165, 1.54) is 24.3 Å². The maximum Gasteiger partial charge on any atom is 0.180 e. The van der Waals surface area contributed by atoms with E-state index in [0.717, 1.165) is 11.1 Å². The molecule has 158 valence electrons. The predicted molar refractivity (Wildman–Crippen MR) is 115 cm³/mol. The Bertz CT molecular complexity index is 997. The Kier molecular flexibility index (Phi) is 7.91. The molecule has 0 saturated carbocycles. The summed E-state index contributed by atoms with van der Waals surface area (Å²) in [6, 6.07) is 14.1. The molecular weight excluding hydrogens is 431 g/mol. The molecule has 0 aliphatic rings. The average molecular weight is 452 g/mol. The number of hydrogen-bond donors (Lipinski definition) is 1. The van der Waals surface area contributed by atoms with Gasteiger partial charge in [-0.1, -0.05) is 41.4 Å². The summed E-state index contributed by atoms with van der Waals surface area (Å²) >= 11 is 12.5. The summed E-state index contributed by atoms with van der Waals surface area (Å²) in [5, 5.41) is 3.98. The Labute approximate surface area is 184 Å². The maximum absolute atomic E-state index is 13.2. The lowest BCUT2D eigenvalue weighted by Crippen LogP contribution is -2.13. The highest BCUT2D eigenvalue weighted by Gasteiger charge is 2.14. The Morgan fingerprint density at radius 2 is 1.50 bits per heavy atom. The molecular formula is C23H21Cl2F2NO2. The zero-order valence-electron chi connectivity index (χ0n) is 16.4. The number of rotatable bonds is 9. The van der Waals surface area contributed by atoms with Crippen molar-refractivity contribution in [2.45, 2.75) is 26.6 Å². The van der Waals surface area contributed by atoms with Crippen LogP contribution in [0.1, 0.15) is 23.6 Å². The van der Waals surface area contributed by atoms with Gasteiger partial charge in [-0.15, -0.1) is 0 Å². The minimum atomic E-state index is -0.408. The average Bonchev–Trinajstić information content (AvgIpc) is 2.70. The first-order chi connectivity index (χ1) is 14.5. The SMILES string of the molecule is CCOc1cc(CNCc2ccc(F)cc2)cc(Cl)c1OCc1ccc(F)cc1Cl. The molecule has 0 amide bonds. The summed E-state index contributed by atoms with van der Waals surface area (Å²) in [5.41, 5.74) is 2.53. The van der Waals surface area contributed by atoms with Gasteiger partial charge in [0.25, 0.3) is 0 Å². The van der Waals surface area contributed by atoms with Crippen molar-refractivity contribution < 1.29 is 18.3 Å². The normalized spacial score (nSPS) is 10.8. The number of benzene rings is 3. The van der Waals surface area contributed by atoms with Crippen LogP contribution in [-0.2, 0) is 19.7 Å². The van der Waals surface area contributed by atoms with Gasteiger partial charge in [-0.05, 0) is 54.4 Å². The quantitative estimate of drug-likeness (QED) is 0.400. The molecule has 0 radical (unpaired) electrons. The van der Waals surface area contributed by atoms with Gasteiger partial charge in [-0.2, -0.15) is 0 Å². The second-order valence-electron chi connectivity index (χ2n) is 6.59. The van der Waals surface area contributed by atoms with Gasteiger partial charge in [0, 0.05) is 18.7 Å². The van der Waals surface area contributed by atoms with Crippen LogP contribution < -0.4 is 14.8 Å². The molecule has 0 aliphatic carbocycles. The number of hydrogen-bond acceptors (Lipinski definition) is 3. The van der Waals surface area contributed by atoms with E-state index < -0.39 is 5.82 Å². The second-order valence-corrected chi connectivity index (χ2v) is 7.41.